The number of fused-ring (bicyclic) bond motifs is 1. The van der Waals surface area contributed by atoms with Gasteiger partial charge in [0.25, 0.3) is 0 Å². The summed E-state index contributed by atoms with van der Waals surface area (Å²) in [6.07, 6.45) is 9.28. The van der Waals surface area contributed by atoms with Crippen LogP contribution in [0.2, 0.25) is 0 Å². The summed E-state index contributed by atoms with van der Waals surface area (Å²) < 4.78 is 23.7. The molecule has 1 aromatic carbocycles. The molecule has 0 aliphatic heterocycles. The van der Waals surface area contributed by atoms with Gasteiger partial charge in [-0.2, -0.15) is 0 Å². The van der Waals surface area contributed by atoms with Crippen molar-refractivity contribution < 1.29 is 23.4 Å². The minimum absolute atomic E-state index is 0.0129. The molecule has 0 radical (unpaired) electrons. The highest BCUT2D eigenvalue weighted by molar-refractivity contribution is 6.03. The zero-order chi connectivity index (χ0) is 19.6. The zero-order valence-corrected chi connectivity index (χ0v) is 15.8. The normalized spacial score (nSPS) is 11.2. The number of hydrogen-bond donors (Lipinski definition) is 1. The third-order valence-corrected chi connectivity index (χ3v) is 4.49. The predicted molar refractivity (Wildman–Crippen MR) is 102 cm³/mol. The van der Waals surface area contributed by atoms with Crippen LogP contribution >= 0.6 is 0 Å². The molecule has 6 heteroatoms. The van der Waals surface area contributed by atoms with Gasteiger partial charge in [-0.05, 0) is 24.6 Å². The molecule has 0 aliphatic rings. The second-order valence-electron chi connectivity index (χ2n) is 6.70. The molecule has 2 aromatic rings. The summed E-state index contributed by atoms with van der Waals surface area (Å²) in [5, 5.41) is 10.2. The Morgan fingerprint density at radius 2 is 1.78 bits per heavy atom. The van der Waals surface area contributed by atoms with Crippen molar-refractivity contribution in [2.75, 3.05) is 13.2 Å². The molecule has 0 amide bonds. The molecule has 27 heavy (non-hydrogen) atoms. The number of carbonyl (C=O) groups is 1. The minimum Gasteiger partial charge on any atom is -0.506 e. The van der Waals surface area contributed by atoms with E-state index in [-0.39, 0.29) is 17.6 Å². The van der Waals surface area contributed by atoms with Crippen molar-refractivity contribution >= 4 is 16.8 Å². The lowest BCUT2D eigenvalue weighted by Crippen LogP contribution is -2.19. The van der Waals surface area contributed by atoms with Gasteiger partial charge in [-0.3, -0.25) is 4.79 Å². The standard InChI is InChI=1S/C21H27FO5/c1-2-3-4-5-6-7-8-9-12-26-14-17(23)19-20(24)16-13-15(22)10-11-18(16)27-21(19)25/h10-11,13,24H,2-9,12,14H2,1H3. The summed E-state index contributed by atoms with van der Waals surface area (Å²) >= 11 is 0. The van der Waals surface area contributed by atoms with Gasteiger partial charge in [0.2, 0.25) is 0 Å². The summed E-state index contributed by atoms with van der Waals surface area (Å²) in [6, 6.07) is 3.36. The SMILES string of the molecule is CCCCCCCCCCOCC(=O)c1c(O)c2cc(F)ccc2oc1=O. The Kier molecular flexibility index (Phi) is 8.45. The van der Waals surface area contributed by atoms with Crippen molar-refractivity contribution in [3.05, 3.63) is 40.0 Å². The summed E-state index contributed by atoms with van der Waals surface area (Å²) in [4.78, 5) is 24.2. The van der Waals surface area contributed by atoms with Crippen LogP contribution in [0.3, 0.4) is 0 Å². The second kappa shape index (κ2) is 10.8. The van der Waals surface area contributed by atoms with E-state index in [0.717, 1.165) is 31.4 Å². The number of halogens is 1. The molecule has 1 N–H and O–H groups in total. The number of aromatic hydroxyl groups is 1. The smallest absolute Gasteiger partial charge is 0.351 e. The molecule has 0 bridgehead atoms. The molecule has 2 rings (SSSR count). The molecule has 5 nitrogen and oxygen atoms in total. The van der Waals surface area contributed by atoms with Crippen molar-refractivity contribution in [1.29, 1.82) is 0 Å². The Morgan fingerprint density at radius 3 is 2.48 bits per heavy atom. The van der Waals surface area contributed by atoms with Crippen molar-refractivity contribution in [3.63, 3.8) is 0 Å². The highest BCUT2D eigenvalue weighted by Crippen LogP contribution is 2.27. The first kappa shape index (κ1) is 21.1. The van der Waals surface area contributed by atoms with Gasteiger partial charge in [0.1, 0.15) is 29.3 Å². The van der Waals surface area contributed by atoms with Gasteiger partial charge in [-0.15, -0.1) is 0 Å². The maximum absolute atomic E-state index is 13.3. The van der Waals surface area contributed by atoms with Crippen LogP contribution in [0, 0.1) is 5.82 Å². The Hall–Kier alpha value is -2.21. The Morgan fingerprint density at radius 1 is 1.11 bits per heavy atom. The summed E-state index contributed by atoms with van der Waals surface area (Å²) in [5.74, 6) is -1.84. The van der Waals surface area contributed by atoms with Crippen LogP contribution in [0.15, 0.2) is 27.4 Å². The molecule has 0 unspecified atom stereocenters. The molecule has 0 aliphatic carbocycles. The topological polar surface area (TPSA) is 76.7 Å². The number of rotatable bonds is 12. The quantitative estimate of drug-likeness (QED) is 0.320. The van der Waals surface area contributed by atoms with E-state index in [9.17, 15) is 19.1 Å². The first-order valence-electron chi connectivity index (χ1n) is 9.61. The van der Waals surface area contributed by atoms with Crippen LogP contribution in [-0.4, -0.2) is 24.1 Å². The second-order valence-corrected chi connectivity index (χ2v) is 6.70. The molecule has 0 saturated carbocycles. The lowest BCUT2D eigenvalue weighted by atomic mass is 10.1. The maximum Gasteiger partial charge on any atom is 0.351 e. The van der Waals surface area contributed by atoms with Crippen molar-refractivity contribution in [2.24, 2.45) is 0 Å². The van der Waals surface area contributed by atoms with Crippen LogP contribution in [0.4, 0.5) is 4.39 Å². The average molecular weight is 378 g/mol. The van der Waals surface area contributed by atoms with E-state index < -0.39 is 28.5 Å². The van der Waals surface area contributed by atoms with Gasteiger partial charge in [0, 0.05) is 6.61 Å². The molecule has 1 heterocycles. The molecule has 148 valence electrons. The fourth-order valence-corrected chi connectivity index (χ4v) is 2.98. The fourth-order valence-electron chi connectivity index (χ4n) is 2.98. The van der Waals surface area contributed by atoms with Crippen molar-refractivity contribution in [1.82, 2.24) is 0 Å². The summed E-state index contributed by atoms with van der Waals surface area (Å²) in [7, 11) is 0. The van der Waals surface area contributed by atoms with Crippen molar-refractivity contribution in [3.8, 4) is 5.75 Å². The largest absolute Gasteiger partial charge is 0.506 e. The van der Waals surface area contributed by atoms with Crippen LogP contribution in [-0.2, 0) is 4.74 Å². The third-order valence-electron chi connectivity index (χ3n) is 4.49. The van der Waals surface area contributed by atoms with Gasteiger partial charge < -0.3 is 14.3 Å². The molecule has 0 saturated heterocycles. The van der Waals surface area contributed by atoms with Crippen LogP contribution in [0.5, 0.6) is 5.75 Å². The van der Waals surface area contributed by atoms with Gasteiger partial charge in [0.05, 0.1) is 5.39 Å². The Bertz CT molecular complexity index is 812. The van der Waals surface area contributed by atoms with Gasteiger partial charge in [-0.1, -0.05) is 51.9 Å². The summed E-state index contributed by atoms with van der Waals surface area (Å²) in [6.45, 7) is 2.28. The number of Topliss-reactive ketones (excluding diaryl/α,β-unsaturated/α-hetero) is 1. The Labute approximate surface area is 158 Å². The predicted octanol–water partition coefficient (Wildman–Crippen LogP) is 4.98. The van der Waals surface area contributed by atoms with Crippen LogP contribution in [0.25, 0.3) is 11.0 Å². The molecular weight excluding hydrogens is 351 g/mol. The number of ether oxygens (including phenoxy) is 1. The fraction of sp³-hybridized carbons (Fsp3) is 0.524. The van der Waals surface area contributed by atoms with Crippen molar-refractivity contribution in [2.45, 2.75) is 58.3 Å². The van der Waals surface area contributed by atoms with Gasteiger partial charge in [-0.25, -0.2) is 9.18 Å². The Balaban J connectivity index is 1.80. The number of benzene rings is 1. The monoisotopic (exact) mass is 378 g/mol. The molecular formula is C21H27FO5. The molecule has 0 fully saturated rings. The van der Waals surface area contributed by atoms with E-state index in [1.165, 1.54) is 38.2 Å². The first-order chi connectivity index (χ1) is 13.0. The van der Waals surface area contributed by atoms with E-state index in [0.29, 0.717) is 6.61 Å². The highest BCUT2D eigenvalue weighted by Gasteiger charge is 2.21. The van der Waals surface area contributed by atoms with E-state index in [1.54, 1.807) is 0 Å². The van der Waals surface area contributed by atoms with Crippen LogP contribution < -0.4 is 5.63 Å². The van der Waals surface area contributed by atoms with Gasteiger partial charge in [0.15, 0.2) is 5.78 Å². The number of hydrogen-bond acceptors (Lipinski definition) is 5. The van der Waals surface area contributed by atoms with E-state index in [2.05, 4.69) is 6.92 Å². The third kappa shape index (κ3) is 6.17. The van der Waals surface area contributed by atoms with Gasteiger partial charge >= 0.3 is 5.63 Å². The van der Waals surface area contributed by atoms with E-state index >= 15 is 0 Å². The number of carbonyl (C=O) groups excluding carboxylic acids is 1. The zero-order valence-electron chi connectivity index (χ0n) is 15.8. The minimum atomic E-state index is -0.952. The lowest BCUT2D eigenvalue weighted by Gasteiger charge is -2.07. The number of ketones is 1. The first-order valence-corrected chi connectivity index (χ1v) is 9.61. The molecule has 0 atom stereocenters. The summed E-state index contributed by atoms with van der Waals surface area (Å²) in [5.41, 5.74) is -1.42. The van der Waals surface area contributed by atoms with E-state index in [1.807, 2.05) is 0 Å². The van der Waals surface area contributed by atoms with Crippen LogP contribution in [0.1, 0.15) is 68.6 Å². The average Bonchev–Trinajstić information content (AvgIpc) is 2.64. The number of unbranched alkanes of at least 4 members (excludes halogenated alkanes) is 7. The highest BCUT2D eigenvalue weighted by atomic mass is 19.1. The molecule has 1 aromatic heterocycles. The lowest BCUT2D eigenvalue weighted by molar-refractivity contribution is 0.0746. The maximum atomic E-state index is 13.3. The van der Waals surface area contributed by atoms with E-state index in [4.69, 9.17) is 9.15 Å². The molecule has 0 spiro atoms.